The van der Waals surface area contributed by atoms with E-state index in [9.17, 15) is 5.11 Å². The van der Waals surface area contributed by atoms with Crippen molar-refractivity contribution in [1.29, 1.82) is 0 Å². The highest BCUT2D eigenvalue weighted by Gasteiger charge is 2.07. The summed E-state index contributed by atoms with van der Waals surface area (Å²) in [5.74, 6) is 0. The Morgan fingerprint density at radius 2 is 1.84 bits per heavy atom. The average molecular weight is 252 g/mol. The minimum Gasteiger partial charge on any atom is -0.388 e. The summed E-state index contributed by atoms with van der Waals surface area (Å²) in [4.78, 5) is 0. The topological polar surface area (TPSA) is 38.0 Å². The minimum absolute atomic E-state index is 0.386. The number of aliphatic hydroxyl groups is 1. The molecule has 3 aromatic rings. The summed E-state index contributed by atoms with van der Waals surface area (Å²) in [5.41, 5.74) is 3.04. The molecule has 0 radical (unpaired) electrons. The van der Waals surface area contributed by atoms with Gasteiger partial charge in [-0.2, -0.15) is 5.10 Å². The van der Waals surface area contributed by atoms with Crippen LogP contribution in [0, 0.1) is 0 Å². The van der Waals surface area contributed by atoms with E-state index in [0.717, 1.165) is 28.6 Å². The van der Waals surface area contributed by atoms with Gasteiger partial charge in [0.15, 0.2) is 0 Å². The molecule has 1 aromatic heterocycles. The van der Waals surface area contributed by atoms with Crippen LogP contribution in [-0.4, -0.2) is 14.9 Å². The lowest BCUT2D eigenvalue weighted by atomic mass is 10.1. The molecule has 1 atom stereocenters. The van der Waals surface area contributed by atoms with Crippen LogP contribution in [-0.2, 0) is 0 Å². The third-order valence-electron chi connectivity index (χ3n) is 3.39. The lowest BCUT2D eigenvalue weighted by Gasteiger charge is -2.09. The Kier molecular flexibility index (Phi) is 3.05. The van der Waals surface area contributed by atoms with Crippen molar-refractivity contribution >= 4 is 10.9 Å². The Morgan fingerprint density at radius 3 is 2.58 bits per heavy atom. The Bertz CT molecular complexity index is 685. The highest BCUT2D eigenvalue weighted by molar-refractivity contribution is 5.80. The standard InChI is InChI=1S/C16H16N2O/c1-2-16(19)12-7-9-14(10-8-12)18-15-6-4-3-5-13(15)11-17-18/h3-11,16,19H,2H2,1H3. The average Bonchev–Trinajstić information content (AvgIpc) is 2.90. The van der Waals surface area contributed by atoms with Gasteiger partial charge in [0.05, 0.1) is 23.5 Å². The third-order valence-corrected chi connectivity index (χ3v) is 3.39. The number of para-hydroxylation sites is 1. The number of aromatic nitrogens is 2. The van der Waals surface area contributed by atoms with Gasteiger partial charge in [0, 0.05) is 5.39 Å². The van der Waals surface area contributed by atoms with E-state index in [1.807, 2.05) is 60.3 Å². The fourth-order valence-electron chi connectivity index (χ4n) is 2.25. The van der Waals surface area contributed by atoms with E-state index >= 15 is 0 Å². The van der Waals surface area contributed by atoms with E-state index in [2.05, 4.69) is 11.2 Å². The van der Waals surface area contributed by atoms with Crippen LogP contribution in [0.3, 0.4) is 0 Å². The molecule has 96 valence electrons. The Hall–Kier alpha value is -2.13. The summed E-state index contributed by atoms with van der Waals surface area (Å²) >= 11 is 0. The third kappa shape index (κ3) is 2.13. The summed E-state index contributed by atoms with van der Waals surface area (Å²) in [6, 6.07) is 16.0. The van der Waals surface area contributed by atoms with Crippen molar-refractivity contribution in [3.05, 3.63) is 60.3 Å². The van der Waals surface area contributed by atoms with Crippen LogP contribution in [0.1, 0.15) is 25.0 Å². The minimum atomic E-state index is -0.386. The largest absolute Gasteiger partial charge is 0.388 e. The van der Waals surface area contributed by atoms with Gasteiger partial charge in [-0.1, -0.05) is 37.3 Å². The fraction of sp³-hybridized carbons (Fsp3) is 0.188. The zero-order chi connectivity index (χ0) is 13.2. The van der Waals surface area contributed by atoms with Crippen LogP contribution in [0.2, 0.25) is 0 Å². The molecular formula is C16H16N2O. The predicted octanol–water partition coefficient (Wildman–Crippen LogP) is 3.47. The molecule has 3 nitrogen and oxygen atoms in total. The van der Waals surface area contributed by atoms with Gasteiger partial charge in [-0.05, 0) is 30.2 Å². The second-order valence-corrected chi connectivity index (χ2v) is 4.63. The fourth-order valence-corrected chi connectivity index (χ4v) is 2.25. The summed E-state index contributed by atoms with van der Waals surface area (Å²) in [7, 11) is 0. The highest BCUT2D eigenvalue weighted by atomic mass is 16.3. The van der Waals surface area contributed by atoms with Crippen LogP contribution in [0.4, 0.5) is 0 Å². The normalized spacial score (nSPS) is 12.7. The number of nitrogens with zero attached hydrogens (tertiary/aromatic N) is 2. The highest BCUT2D eigenvalue weighted by Crippen LogP contribution is 2.21. The SMILES string of the molecule is CCC(O)c1ccc(-n2ncc3ccccc32)cc1. The van der Waals surface area contributed by atoms with Crippen LogP contribution >= 0.6 is 0 Å². The van der Waals surface area contributed by atoms with Gasteiger partial charge in [-0.15, -0.1) is 0 Å². The van der Waals surface area contributed by atoms with Gasteiger partial charge < -0.3 is 5.11 Å². The zero-order valence-corrected chi connectivity index (χ0v) is 10.8. The first kappa shape index (κ1) is 11.9. The van der Waals surface area contributed by atoms with E-state index in [0.29, 0.717) is 0 Å². The van der Waals surface area contributed by atoms with Gasteiger partial charge in [0.25, 0.3) is 0 Å². The zero-order valence-electron chi connectivity index (χ0n) is 10.8. The molecule has 1 heterocycles. The van der Waals surface area contributed by atoms with Gasteiger partial charge in [0.1, 0.15) is 0 Å². The molecular weight excluding hydrogens is 236 g/mol. The van der Waals surface area contributed by atoms with Crippen molar-refractivity contribution in [3.8, 4) is 5.69 Å². The summed E-state index contributed by atoms with van der Waals surface area (Å²) in [6.45, 7) is 1.97. The van der Waals surface area contributed by atoms with E-state index in [-0.39, 0.29) is 6.10 Å². The van der Waals surface area contributed by atoms with E-state index in [1.165, 1.54) is 0 Å². The molecule has 0 bridgehead atoms. The van der Waals surface area contributed by atoms with Crippen molar-refractivity contribution < 1.29 is 5.11 Å². The van der Waals surface area contributed by atoms with Gasteiger partial charge in [-0.3, -0.25) is 0 Å². The smallest absolute Gasteiger partial charge is 0.0787 e. The molecule has 0 aliphatic rings. The number of benzene rings is 2. The molecule has 1 N–H and O–H groups in total. The molecule has 0 saturated heterocycles. The van der Waals surface area contributed by atoms with Crippen molar-refractivity contribution in [2.45, 2.75) is 19.4 Å². The number of hydrogen-bond donors (Lipinski definition) is 1. The number of hydrogen-bond acceptors (Lipinski definition) is 2. The maximum Gasteiger partial charge on any atom is 0.0787 e. The molecule has 19 heavy (non-hydrogen) atoms. The number of fused-ring (bicyclic) bond motifs is 1. The quantitative estimate of drug-likeness (QED) is 0.775. The molecule has 2 aromatic carbocycles. The monoisotopic (exact) mass is 252 g/mol. The first-order valence-corrected chi connectivity index (χ1v) is 6.51. The molecule has 3 heteroatoms. The van der Waals surface area contributed by atoms with Crippen LogP contribution in [0.15, 0.2) is 54.7 Å². The Morgan fingerprint density at radius 1 is 1.11 bits per heavy atom. The predicted molar refractivity (Wildman–Crippen MR) is 76.3 cm³/mol. The molecule has 0 fully saturated rings. The van der Waals surface area contributed by atoms with E-state index in [1.54, 1.807) is 0 Å². The Labute approximate surface area is 112 Å². The van der Waals surface area contributed by atoms with Crippen LogP contribution < -0.4 is 0 Å². The molecule has 0 amide bonds. The van der Waals surface area contributed by atoms with Crippen molar-refractivity contribution in [2.24, 2.45) is 0 Å². The van der Waals surface area contributed by atoms with Gasteiger partial charge >= 0.3 is 0 Å². The van der Waals surface area contributed by atoms with Crippen molar-refractivity contribution in [1.82, 2.24) is 9.78 Å². The first-order chi connectivity index (χ1) is 9.29. The molecule has 0 aliphatic carbocycles. The molecule has 0 aliphatic heterocycles. The number of aliphatic hydroxyl groups excluding tert-OH is 1. The second kappa shape index (κ2) is 4.86. The maximum atomic E-state index is 9.80. The maximum absolute atomic E-state index is 9.80. The lowest BCUT2D eigenvalue weighted by Crippen LogP contribution is -1.98. The Balaban J connectivity index is 2.02. The van der Waals surface area contributed by atoms with Crippen LogP contribution in [0.5, 0.6) is 0 Å². The lowest BCUT2D eigenvalue weighted by molar-refractivity contribution is 0.173. The molecule has 0 spiro atoms. The van der Waals surface area contributed by atoms with Crippen LogP contribution in [0.25, 0.3) is 16.6 Å². The number of rotatable bonds is 3. The second-order valence-electron chi connectivity index (χ2n) is 4.63. The summed E-state index contributed by atoms with van der Waals surface area (Å²) in [6.07, 6.45) is 2.21. The van der Waals surface area contributed by atoms with E-state index in [4.69, 9.17) is 0 Å². The van der Waals surface area contributed by atoms with Gasteiger partial charge in [0.2, 0.25) is 0 Å². The summed E-state index contributed by atoms with van der Waals surface area (Å²) in [5, 5.41) is 15.3. The molecule has 0 saturated carbocycles. The van der Waals surface area contributed by atoms with Crippen molar-refractivity contribution in [3.63, 3.8) is 0 Å². The molecule has 1 unspecified atom stereocenters. The van der Waals surface area contributed by atoms with E-state index < -0.39 is 0 Å². The van der Waals surface area contributed by atoms with Crippen molar-refractivity contribution in [2.75, 3.05) is 0 Å². The summed E-state index contributed by atoms with van der Waals surface area (Å²) < 4.78 is 1.91. The first-order valence-electron chi connectivity index (χ1n) is 6.51. The molecule has 3 rings (SSSR count). The van der Waals surface area contributed by atoms with Gasteiger partial charge in [-0.25, -0.2) is 4.68 Å².